The van der Waals surface area contributed by atoms with E-state index in [1.807, 2.05) is 19.4 Å². The molecule has 1 rings (SSSR count). The molecule has 1 aromatic heterocycles. The van der Waals surface area contributed by atoms with Crippen LogP contribution in [-0.4, -0.2) is 15.6 Å². The van der Waals surface area contributed by atoms with E-state index in [9.17, 15) is 0 Å². The lowest BCUT2D eigenvalue weighted by Gasteiger charge is -2.17. The standard InChI is InChI=1S/C11H21N3/c1-4-10(12)9(2)5-6-11-13-7-8-14(11)3/h7-10H,4-6,12H2,1-3H3. The number of nitrogens with zero attached hydrogens (tertiary/aromatic N) is 2. The minimum atomic E-state index is 0.329. The van der Waals surface area contributed by atoms with Gasteiger partial charge in [-0.25, -0.2) is 4.98 Å². The molecule has 0 spiro atoms. The molecular weight excluding hydrogens is 174 g/mol. The summed E-state index contributed by atoms with van der Waals surface area (Å²) >= 11 is 0. The zero-order valence-electron chi connectivity index (χ0n) is 9.40. The van der Waals surface area contributed by atoms with Crippen molar-refractivity contribution in [1.29, 1.82) is 0 Å². The molecule has 2 atom stereocenters. The first-order valence-electron chi connectivity index (χ1n) is 5.37. The van der Waals surface area contributed by atoms with Gasteiger partial charge in [-0.2, -0.15) is 0 Å². The Kier molecular flexibility index (Phi) is 4.14. The van der Waals surface area contributed by atoms with Crippen LogP contribution in [0.1, 0.15) is 32.5 Å². The van der Waals surface area contributed by atoms with Gasteiger partial charge in [0.1, 0.15) is 5.82 Å². The van der Waals surface area contributed by atoms with Crippen molar-refractivity contribution in [2.24, 2.45) is 18.7 Å². The number of rotatable bonds is 5. The maximum atomic E-state index is 5.97. The van der Waals surface area contributed by atoms with Gasteiger partial charge in [-0.15, -0.1) is 0 Å². The average molecular weight is 195 g/mol. The molecule has 2 N–H and O–H groups in total. The van der Waals surface area contributed by atoms with Crippen molar-refractivity contribution < 1.29 is 0 Å². The van der Waals surface area contributed by atoms with Gasteiger partial charge in [0.15, 0.2) is 0 Å². The van der Waals surface area contributed by atoms with Crippen molar-refractivity contribution in [2.75, 3.05) is 0 Å². The number of hydrogen-bond acceptors (Lipinski definition) is 2. The van der Waals surface area contributed by atoms with Gasteiger partial charge in [-0.05, 0) is 18.8 Å². The van der Waals surface area contributed by atoms with E-state index in [0.717, 1.165) is 25.1 Å². The van der Waals surface area contributed by atoms with Crippen LogP contribution >= 0.6 is 0 Å². The molecule has 2 unspecified atom stereocenters. The number of imidazole rings is 1. The van der Waals surface area contributed by atoms with Gasteiger partial charge >= 0.3 is 0 Å². The predicted octanol–water partition coefficient (Wildman–Crippen LogP) is 1.73. The van der Waals surface area contributed by atoms with E-state index < -0.39 is 0 Å². The van der Waals surface area contributed by atoms with Crippen LogP contribution in [0.5, 0.6) is 0 Å². The fourth-order valence-corrected chi connectivity index (χ4v) is 1.61. The van der Waals surface area contributed by atoms with Crippen LogP contribution < -0.4 is 5.73 Å². The summed E-state index contributed by atoms with van der Waals surface area (Å²) in [5.74, 6) is 1.73. The molecule has 0 bridgehead atoms. The van der Waals surface area contributed by atoms with E-state index in [4.69, 9.17) is 5.73 Å². The third-order valence-corrected chi connectivity index (χ3v) is 2.95. The Hall–Kier alpha value is -0.830. The molecule has 0 aliphatic rings. The van der Waals surface area contributed by atoms with Crippen molar-refractivity contribution in [2.45, 2.75) is 39.2 Å². The molecule has 0 saturated carbocycles. The highest BCUT2D eigenvalue weighted by molar-refractivity contribution is 4.91. The first kappa shape index (κ1) is 11.2. The van der Waals surface area contributed by atoms with Crippen molar-refractivity contribution in [3.8, 4) is 0 Å². The van der Waals surface area contributed by atoms with Gasteiger partial charge in [0.2, 0.25) is 0 Å². The van der Waals surface area contributed by atoms with Gasteiger partial charge in [-0.3, -0.25) is 0 Å². The predicted molar refractivity (Wildman–Crippen MR) is 59.0 cm³/mol. The lowest BCUT2D eigenvalue weighted by molar-refractivity contribution is 0.412. The zero-order chi connectivity index (χ0) is 10.6. The van der Waals surface area contributed by atoms with Crippen LogP contribution in [0.3, 0.4) is 0 Å². The number of aromatic nitrogens is 2. The molecule has 80 valence electrons. The monoisotopic (exact) mass is 195 g/mol. The highest BCUT2D eigenvalue weighted by atomic mass is 15.0. The van der Waals surface area contributed by atoms with Gasteiger partial charge in [0.25, 0.3) is 0 Å². The molecule has 0 radical (unpaired) electrons. The summed E-state index contributed by atoms with van der Waals surface area (Å²) < 4.78 is 2.07. The van der Waals surface area contributed by atoms with Gasteiger partial charge in [0.05, 0.1) is 0 Å². The Balaban J connectivity index is 2.37. The fraction of sp³-hybridized carbons (Fsp3) is 0.727. The molecule has 0 fully saturated rings. The molecule has 0 amide bonds. The molecule has 3 heteroatoms. The topological polar surface area (TPSA) is 43.8 Å². The number of nitrogens with two attached hydrogens (primary N) is 1. The maximum Gasteiger partial charge on any atom is 0.108 e. The number of aryl methyl sites for hydroxylation is 2. The summed E-state index contributed by atoms with van der Waals surface area (Å²) in [4.78, 5) is 4.30. The summed E-state index contributed by atoms with van der Waals surface area (Å²) in [5.41, 5.74) is 5.97. The maximum absolute atomic E-state index is 5.97. The van der Waals surface area contributed by atoms with E-state index in [1.54, 1.807) is 0 Å². The quantitative estimate of drug-likeness (QED) is 0.777. The Bertz CT molecular complexity index is 267. The van der Waals surface area contributed by atoms with E-state index in [2.05, 4.69) is 23.4 Å². The third kappa shape index (κ3) is 2.84. The largest absolute Gasteiger partial charge is 0.338 e. The van der Waals surface area contributed by atoms with E-state index in [1.165, 1.54) is 0 Å². The SMILES string of the molecule is CCC(N)C(C)CCc1nccn1C. The van der Waals surface area contributed by atoms with Crippen molar-refractivity contribution in [3.05, 3.63) is 18.2 Å². The molecule has 1 aromatic rings. The highest BCUT2D eigenvalue weighted by Crippen LogP contribution is 2.12. The Morgan fingerprint density at radius 3 is 2.79 bits per heavy atom. The molecule has 0 saturated heterocycles. The van der Waals surface area contributed by atoms with Crippen molar-refractivity contribution in [3.63, 3.8) is 0 Å². The second kappa shape index (κ2) is 5.15. The van der Waals surface area contributed by atoms with E-state index >= 15 is 0 Å². The minimum Gasteiger partial charge on any atom is -0.338 e. The lowest BCUT2D eigenvalue weighted by atomic mass is 9.95. The molecule has 14 heavy (non-hydrogen) atoms. The van der Waals surface area contributed by atoms with Crippen LogP contribution in [0.25, 0.3) is 0 Å². The smallest absolute Gasteiger partial charge is 0.108 e. The molecular formula is C11H21N3. The van der Waals surface area contributed by atoms with Gasteiger partial charge in [0, 0.05) is 31.9 Å². The minimum absolute atomic E-state index is 0.329. The Labute approximate surface area is 86.3 Å². The first-order chi connectivity index (χ1) is 6.65. The van der Waals surface area contributed by atoms with E-state index in [-0.39, 0.29) is 0 Å². The normalized spacial score (nSPS) is 15.4. The fourth-order valence-electron chi connectivity index (χ4n) is 1.61. The first-order valence-corrected chi connectivity index (χ1v) is 5.37. The Morgan fingerprint density at radius 1 is 1.57 bits per heavy atom. The number of hydrogen-bond donors (Lipinski definition) is 1. The summed E-state index contributed by atoms with van der Waals surface area (Å²) in [7, 11) is 2.03. The van der Waals surface area contributed by atoms with Crippen molar-refractivity contribution >= 4 is 0 Å². The van der Waals surface area contributed by atoms with E-state index in [0.29, 0.717) is 12.0 Å². The van der Waals surface area contributed by atoms with Crippen LogP contribution in [0.15, 0.2) is 12.4 Å². The van der Waals surface area contributed by atoms with Gasteiger partial charge in [-0.1, -0.05) is 13.8 Å². The molecule has 0 aliphatic heterocycles. The van der Waals surface area contributed by atoms with Crippen molar-refractivity contribution in [1.82, 2.24) is 9.55 Å². The zero-order valence-corrected chi connectivity index (χ0v) is 9.40. The van der Waals surface area contributed by atoms with Crippen LogP contribution in [-0.2, 0) is 13.5 Å². The molecule has 1 heterocycles. The average Bonchev–Trinajstić information content (AvgIpc) is 2.59. The highest BCUT2D eigenvalue weighted by Gasteiger charge is 2.11. The molecule has 3 nitrogen and oxygen atoms in total. The summed E-state index contributed by atoms with van der Waals surface area (Å²) in [6.07, 6.45) is 7.04. The summed E-state index contributed by atoms with van der Waals surface area (Å²) in [5, 5.41) is 0. The Morgan fingerprint density at radius 2 is 2.29 bits per heavy atom. The lowest BCUT2D eigenvalue weighted by Crippen LogP contribution is -2.27. The summed E-state index contributed by atoms with van der Waals surface area (Å²) in [6, 6.07) is 0.329. The van der Waals surface area contributed by atoms with Crippen LogP contribution in [0.2, 0.25) is 0 Å². The summed E-state index contributed by atoms with van der Waals surface area (Å²) in [6.45, 7) is 4.36. The molecule has 0 aromatic carbocycles. The second-order valence-electron chi connectivity index (χ2n) is 4.04. The second-order valence-corrected chi connectivity index (χ2v) is 4.04. The van der Waals surface area contributed by atoms with Gasteiger partial charge < -0.3 is 10.3 Å². The third-order valence-electron chi connectivity index (χ3n) is 2.95. The van der Waals surface area contributed by atoms with Crippen LogP contribution in [0, 0.1) is 5.92 Å². The van der Waals surface area contributed by atoms with Crippen LogP contribution in [0.4, 0.5) is 0 Å². The molecule has 0 aliphatic carbocycles.